The van der Waals surface area contributed by atoms with Gasteiger partial charge in [0, 0.05) is 50.6 Å². The molecule has 1 aliphatic heterocycles. The predicted molar refractivity (Wildman–Crippen MR) is 110 cm³/mol. The first-order valence-electron chi connectivity index (χ1n) is 9.47. The lowest BCUT2D eigenvalue weighted by Crippen LogP contribution is -2.48. The summed E-state index contributed by atoms with van der Waals surface area (Å²) in [6.45, 7) is 13.2. The number of carbonyl (C=O) groups is 1. The summed E-state index contributed by atoms with van der Waals surface area (Å²) in [5.41, 5.74) is 3.21. The second-order valence-corrected chi connectivity index (χ2v) is 8.10. The molecule has 0 atom stereocenters. The highest BCUT2D eigenvalue weighted by Gasteiger charge is 2.21. The maximum absolute atomic E-state index is 11.5. The molecule has 0 bridgehead atoms. The van der Waals surface area contributed by atoms with Gasteiger partial charge in [-0.25, -0.2) is 4.98 Å². The first-order chi connectivity index (χ1) is 12.7. The second kappa shape index (κ2) is 7.55. The summed E-state index contributed by atoms with van der Waals surface area (Å²) in [6.07, 6.45) is 0. The van der Waals surface area contributed by atoms with Crippen LogP contribution in [-0.2, 0) is 10.2 Å². The third-order valence-electron chi connectivity index (χ3n) is 4.87. The van der Waals surface area contributed by atoms with Gasteiger partial charge in [0.2, 0.25) is 11.9 Å². The van der Waals surface area contributed by atoms with Crippen molar-refractivity contribution in [1.29, 1.82) is 0 Å². The Morgan fingerprint density at radius 1 is 1.07 bits per heavy atom. The van der Waals surface area contributed by atoms with Crippen LogP contribution in [0.4, 0.5) is 17.5 Å². The monoisotopic (exact) mass is 367 g/mol. The van der Waals surface area contributed by atoms with E-state index in [1.165, 1.54) is 5.56 Å². The van der Waals surface area contributed by atoms with E-state index in [0.29, 0.717) is 5.95 Å². The maximum Gasteiger partial charge on any atom is 0.229 e. The van der Waals surface area contributed by atoms with Gasteiger partial charge in [0.05, 0.1) is 0 Å². The molecule has 2 aromatic rings. The van der Waals surface area contributed by atoms with Crippen LogP contribution in [0.3, 0.4) is 0 Å². The zero-order chi connectivity index (χ0) is 19.6. The van der Waals surface area contributed by atoms with E-state index in [-0.39, 0.29) is 11.3 Å². The largest absolute Gasteiger partial charge is 0.353 e. The fourth-order valence-electron chi connectivity index (χ4n) is 3.39. The normalized spacial score (nSPS) is 15.0. The highest BCUT2D eigenvalue weighted by Crippen LogP contribution is 2.31. The molecule has 0 radical (unpaired) electrons. The third-order valence-corrected chi connectivity index (χ3v) is 4.87. The molecule has 1 amide bonds. The van der Waals surface area contributed by atoms with Crippen LogP contribution in [0.1, 0.15) is 39.0 Å². The van der Waals surface area contributed by atoms with E-state index in [2.05, 4.69) is 54.2 Å². The van der Waals surface area contributed by atoms with Crippen LogP contribution < -0.4 is 10.2 Å². The summed E-state index contributed by atoms with van der Waals surface area (Å²) in [5, 5.41) is 3.41. The van der Waals surface area contributed by atoms with Crippen molar-refractivity contribution >= 4 is 23.4 Å². The number of piperazine rings is 1. The molecule has 0 unspecified atom stereocenters. The molecule has 1 N–H and O–H groups in total. The molecule has 3 rings (SSSR count). The van der Waals surface area contributed by atoms with Crippen molar-refractivity contribution in [3.05, 3.63) is 41.6 Å². The lowest BCUT2D eigenvalue weighted by molar-refractivity contribution is -0.129. The molecule has 144 valence electrons. The fourth-order valence-corrected chi connectivity index (χ4v) is 3.39. The number of aromatic nitrogens is 2. The summed E-state index contributed by atoms with van der Waals surface area (Å²) in [6, 6.07) is 10.3. The van der Waals surface area contributed by atoms with Gasteiger partial charge in [0.1, 0.15) is 5.82 Å². The van der Waals surface area contributed by atoms with Crippen molar-refractivity contribution in [2.24, 2.45) is 0 Å². The average molecular weight is 367 g/mol. The van der Waals surface area contributed by atoms with E-state index in [1.807, 2.05) is 24.0 Å². The number of nitrogens with zero attached hydrogens (tertiary/aromatic N) is 4. The summed E-state index contributed by atoms with van der Waals surface area (Å²) in [7, 11) is 0. The Hall–Kier alpha value is -2.63. The Labute approximate surface area is 161 Å². The van der Waals surface area contributed by atoms with E-state index in [1.54, 1.807) is 6.92 Å². The molecule has 0 saturated carbocycles. The van der Waals surface area contributed by atoms with Crippen LogP contribution in [0.25, 0.3) is 0 Å². The zero-order valence-corrected chi connectivity index (χ0v) is 16.9. The number of hydrogen-bond donors (Lipinski definition) is 1. The highest BCUT2D eigenvalue weighted by atomic mass is 16.2. The molecule has 1 saturated heterocycles. The molecule has 1 aliphatic rings. The van der Waals surface area contributed by atoms with Gasteiger partial charge in [-0.05, 0) is 24.0 Å². The summed E-state index contributed by atoms with van der Waals surface area (Å²) in [5.74, 6) is 1.65. The van der Waals surface area contributed by atoms with Crippen LogP contribution in [0.2, 0.25) is 0 Å². The van der Waals surface area contributed by atoms with Crippen molar-refractivity contribution in [2.45, 2.75) is 40.0 Å². The van der Waals surface area contributed by atoms with Gasteiger partial charge < -0.3 is 15.1 Å². The molecule has 27 heavy (non-hydrogen) atoms. The highest BCUT2D eigenvalue weighted by molar-refractivity contribution is 5.73. The Bertz CT molecular complexity index is 820. The first kappa shape index (κ1) is 19.1. The molecular weight excluding hydrogens is 338 g/mol. The van der Waals surface area contributed by atoms with E-state index in [0.717, 1.165) is 43.4 Å². The molecule has 0 spiro atoms. The van der Waals surface area contributed by atoms with Crippen LogP contribution >= 0.6 is 0 Å². The van der Waals surface area contributed by atoms with Gasteiger partial charge in [0.25, 0.3) is 0 Å². The SMILES string of the molecule is CC(=O)N1CCN(c2cc(C)nc(Nc3ccccc3C(C)(C)C)n2)CC1. The fraction of sp³-hybridized carbons (Fsp3) is 0.476. The van der Waals surface area contributed by atoms with E-state index in [9.17, 15) is 4.79 Å². The van der Waals surface area contributed by atoms with Gasteiger partial charge in [-0.1, -0.05) is 39.0 Å². The van der Waals surface area contributed by atoms with Gasteiger partial charge in [0.15, 0.2) is 0 Å². The minimum atomic E-state index is 0.0271. The summed E-state index contributed by atoms with van der Waals surface area (Å²) in [4.78, 5) is 25.0. The van der Waals surface area contributed by atoms with E-state index >= 15 is 0 Å². The number of benzene rings is 1. The van der Waals surface area contributed by atoms with Crippen molar-refractivity contribution in [2.75, 3.05) is 36.4 Å². The predicted octanol–water partition coefficient (Wildman–Crippen LogP) is 3.49. The zero-order valence-electron chi connectivity index (χ0n) is 16.9. The standard InChI is InChI=1S/C21H29N5O/c1-15-14-19(26-12-10-25(11-13-26)16(2)27)24-20(22-15)23-18-9-7-6-8-17(18)21(3,4)5/h6-9,14H,10-13H2,1-5H3,(H,22,23,24). The van der Waals surface area contributed by atoms with E-state index in [4.69, 9.17) is 4.98 Å². The number of anilines is 3. The Morgan fingerprint density at radius 2 is 1.74 bits per heavy atom. The van der Waals surface area contributed by atoms with Crippen molar-refractivity contribution < 1.29 is 4.79 Å². The maximum atomic E-state index is 11.5. The Balaban J connectivity index is 1.82. The number of rotatable bonds is 3. The van der Waals surface area contributed by atoms with Gasteiger partial charge >= 0.3 is 0 Å². The van der Waals surface area contributed by atoms with Crippen molar-refractivity contribution in [3.63, 3.8) is 0 Å². The van der Waals surface area contributed by atoms with E-state index < -0.39 is 0 Å². The Morgan fingerprint density at radius 3 is 2.37 bits per heavy atom. The number of amides is 1. The molecule has 6 heteroatoms. The van der Waals surface area contributed by atoms with Crippen molar-refractivity contribution in [1.82, 2.24) is 14.9 Å². The lowest BCUT2D eigenvalue weighted by atomic mass is 9.86. The molecule has 6 nitrogen and oxygen atoms in total. The first-order valence-corrected chi connectivity index (χ1v) is 9.47. The molecule has 1 fully saturated rings. The second-order valence-electron chi connectivity index (χ2n) is 8.10. The number of carbonyl (C=O) groups excluding carboxylic acids is 1. The number of aryl methyl sites for hydroxylation is 1. The minimum Gasteiger partial charge on any atom is -0.353 e. The molecule has 2 heterocycles. The van der Waals surface area contributed by atoms with Gasteiger partial charge in [-0.2, -0.15) is 4.98 Å². The quantitative estimate of drug-likeness (QED) is 0.900. The third kappa shape index (κ3) is 4.56. The lowest BCUT2D eigenvalue weighted by Gasteiger charge is -2.35. The van der Waals surface area contributed by atoms with Crippen molar-refractivity contribution in [3.8, 4) is 0 Å². The molecular formula is C21H29N5O. The van der Waals surface area contributed by atoms with Crippen LogP contribution in [0.5, 0.6) is 0 Å². The number of para-hydroxylation sites is 1. The molecule has 0 aliphatic carbocycles. The number of hydrogen-bond acceptors (Lipinski definition) is 5. The topological polar surface area (TPSA) is 61.4 Å². The molecule has 1 aromatic heterocycles. The van der Waals surface area contributed by atoms with Crippen LogP contribution in [0.15, 0.2) is 30.3 Å². The summed E-state index contributed by atoms with van der Waals surface area (Å²) < 4.78 is 0. The van der Waals surface area contributed by atoms with Gasteiger partial charge in [-0.3, -0.25) is 4.79 Å². The van der Waals surface area contributed by atoms with Gasteiger partial charge in [-0.15, -0.1) is 0 Å². The van der Waals surface area contributed by atoms with Crippen LogP contribution in [-0.4, -0.2) is 47.0 Å². The summed E-state index contributed by atoms with van der Waals surface area (Å²) >= 11 is 0. The average Bonchev–Trinajstić information content (AvgIpc) is 2.61. The Kier molecular flexibility index (Phi) is 5.35. The minimum absolute atomic E-state index is 0.0271. The molecule has 1 aromatic carbocycles. The number of nitrogens with one attached hydrogen (secondary N) is 1. The van der Waals surface area contributed by atoms with Crippen LogP contribution in [0, 0.1) is 6.92 Å². The smallest absolute Gasteiger partial charge is 0.229 e.